The molecule has 2 atom stereocenters. The summed E-state index contributed by atoms with van der Waals surface area (Å²) in [5, 5.41) is 0. The summed E-state index contributed by atoms with van der Waals surface area (Å²) in [6.45, 7) is 3.14. The third kappa shape index (κ3) is 2.72. The Morgan fingerprint density at radius 3 is 2.68 bits per heavy atom. The van der Waals surface area contributed by atoms with Crippen molar-refractivity contribution < 1.29 is 14.3 Å². The number of methoxy groups -OCH3 is 1. The number of nitrogens with zero attached hydrogens (tertiary/aromatic N) is 1. The van der Waals surface area contributed by atoms with Crippen LogP contribution in [0, 0.1) is 5.41 Å². The van der Waals surface area contributed by atoms with Crippen LogP contribution in [-0.4, -0.2) is 42.9 Å². The summed E-state index contributed by atoms with van der Waals surface area (Å²) < 4.78 is 5.69. The van der Waals surface area contributed by atoms with E-state index in [4.69, 9.17) is 4.74 Å². The molecule has 22 heavy (non-hydrogen) atoms. The summed E-state index contributed by atoms with van der Waals surface area (Å²) in [6, 6.07) is 3.54. The lowest BCUT2D eigenvalue weighted by Gasteiger charge is -2.43. The van der Waals surface area contributed by atoms with Gasteiger partial charge in [0.1, 0.15) is 0 Å². The van der Waals surface area contributed by atoms with E-state index in [2.05, 4.69) is 0 Å². The Hall–Kier alpha value is -1.20. The molecule has 5 heteroatoms. The standard InChI is InChI=1S/C17H23NO3S/c1-12(19)13-6-7-14(22-13)16(20)18-10-4-9-17(11-18)8-3-5-15(17)21-2/h6-7,15H,3-5,8-11H2,1-2H3/t15-,17+/m1/s1. The highest BCUT2D eigenvalue weighted by Crippen LogP contribution is 2.46. The van der Waals surface area contributed by atoms with Gasteiger partial charge in [-0.1, -0.05) is 6.42 Å². The van der Waals surface area contributed by atoms with Gasteiger partial charge in [0.2, 0.25) is 0 Å². The number of thiophene rings is 1. The topological polar surface area (TPSA) is 46.6 Å². The molecular formula is C17H23NO3S. The first-order valence-electron chi connectivity index (χ1n) is 7.98. The molecule has 0 N–H and O–H groups in total. The highest BCUT2D eigenvalue weighted by molar-refractivity contribution is 7.15. The molecule has 1 saturated heterocycles. The maximum Gasteiger partial charge on any atom is 0.263 e. The van der Waals surface area contributed by atoms with Crippen LogP contribution < -0.4 is 0 Å². The molecule has 1 aromatic rings. The Bertz CT molecular complexity index is 582. The van der Waals surface area contributed by atoms with Crippen molar-refractivity contribution in [2.24, 2.45) is 5.41 Å². The van der Waals surface area contributed by atoms with Crippen LogP contribution in [0.2, 0.25) is 0 Å². The van der Waals surface area contributed by atoms with Gasteiger partial charge in [-0.15, -0.1) is 11.3 Å². The van der Waals surface area contributed by atoms with E-state index < -0.39 is 0 Å². The molecule has 120 valence electrons. The molecule has 0 radical (unpaired) electrons. The Kier molecular flexibility index (Phi) is 4.37. The summed E-state index contributed by atoms with van der Waals surface area (Å²) in [5.74, 6) is 0.0905. The molecule has 1 aromatic heterocycles. The second kappa shape index (κ2) is 6.13. The zero-order valence-electron chi connectivity index (χ0n) is 13.3. The number of hydrogen-bond donors (Lipinski definition) is 0. The first-order valence-corrected chi connectivity index (χ1v) is 8.80. The molecule has 1 aliphatic carbocycles. The van der Waals surface area contributed by atoms with Crippen LogP contribution in [0.4, 0.5) is 0 Å². The molecule has 2 aliphatic rings. The minimum atomic E-state index is 0.0226. The summed E-state index contributed by atoms with van der Waals surface area (Å²) in [7, 11) is 1.79. The van der Waals surface area contributed by atoms with Crippen LogP contribution in [0.1, 0.15) is 58.4 Å². The maximum absolute atomic E-state index is 12.8. The molecule has 4 nitrogen and oxygen atoms in total. The lowest BCUT2D eigenvalue weighted by molar-refractivity contribution is -0.0294. The lowest BCUT2D eigenvalue weighted by atomic mass is 9.76. The molecule has 2 heterocycles. The first-order chi connectivity index (χ1) is 10.6. The van der Waals surface area contributed by atoms with E-state index >= 15 is 0 Å². The second-order valence-electron chi connectivity index (χ2n) is 6.53. The second-order valence-corrected chi connectivity index (χ2v) is 7.61. The quantitative estimate of drug-likeness (QED) is 0.802. The average Bonchev–Trinajstić information content (AvgIpc) is 3.14. The van der Waals surface area contributed by atoms with Crippen molar-refractivity contribution in [1.82, 2.24) is 4.90 Å². The smallest absolute Gasteiger partial charge is 0.263 e. The third-order valence-corrected chi connectivity index (χ3v) is 6.34. The lowest BCUT2D eigenvalue weighted by Crippen LogP contribution is -2.49. The average molecular weight is 321 g/mol. The van der Waals surface area contributed by atoms with Crippen LogP contribution in [0.25, 0.3) is 0 Å². The Balaban J connectivity index is 1.76. The van der Waals surface area contributed by atoms with Crippen molar-refractivity contribution in [3.05, 3.63) is 21.9 Å². The van der Waals surface area contributed by atoms with Crippen molar-refractivity contribution in [2.75, 3.05) is 20.2 Å². The van der Waals surface area contributed by atoms with Crippen LogP contribution in [-0.2, 0) is 4.74 Å². The number of hydrogen-bond acceptors (Lipinski definition) is 4. The predicted octanol–water partition coefficient (Wildman–Crippen LogP) is 3.37. The van der Waals surface area contributed by atoms with Gasteiger partial charge >= 0.3 is 0 Å². The molecule has 2 fully saturated rings. The fraction of sp³-hybridized carbons (Fsp3) is 0.647. The zero-order valence-corrected chi connectivity index (χ0v) is 14.1. The van der Waals surface area contributed by atoms with Gasteiger partial charge in [-0.3, -0.25) is 9.59 Å². The van der Waals surface area contributed by atoms with E-state index in [0.717, 1.165) is 38.8 Å². The van der Waals surface area contributed by atoms with E-state index in [1.807, 2.05) is 4.90 Å². The molecule has 3 rings (SSSR count). The molecular weight excluding hydrogens is 298 g/mol. The normalized spacial score (nSPS) is 28.3. The van der Waals surface area contributed by atoms with Gasteiger partial charge in [-0.25, -0.2) is 0 Å². The van der Waals surface area contributed by atoms with Crippen LogP contribution in [0.3, 0.4) is 0 Å². The van der Waals surface area contributed by atoms with Crippen LogP contribution in [0.5, 0.6) is 0 Å². The first kappa shape index (κ1) is 15.7. The third-order valence-electron chi connectivity index (χ3n) is 5.17. The minimum absolute atomic E-state index is 0.0226. The number of Topliss-reactive ketones (excluding diaryl/α,β-unsaturated/α-hetero) is 1. The molecule has 1 aliphatic heterocycles. The number of carbonyl (C=O) groups is 2. The van der Waals surface area contributed by atoms with Crippen LogP contribution >= 0.6 is 11.3 Å². The monoisotopic (exact) mass is 321 g/mol. The van der Waals surface area contributed by atoms with E-state index in [1.165, 1.54) is 24.7 Å². The summed E-state index contributed by atoms with van der Waals surface area (Å²) in [6.07, 6.45) is 5.91. The van der Waals surface area contributed by atoms with Crippen molar-refractivity contribution in [3.8, 4) is 0 Å². The minimum Gasteiger partial charge on any atom is -0.381 e. The number of rotatable bonds is 3. The predicted molar refractivity (Wildman–Crippen MR) is 86.5 cm³/mol. The molecule has 0 unspecified atom stereocenters. The molecule has 1 amide bonds. The van der Waals surface area contributed by atoms with E-state index in [0.29, 0.717) is 9.75 Å². The Morgan fingerprint density at radius 1 is 1.27 bits per heavy atom. The fourth-order valence-electron chi connectivity index (χ4n) is 4.07. The van der Waals surface area contributed by atoms with Gasteiger partial charge in [0, 0.05) is 25.6 Å². The Labute approximate surface area is 135 Å². The SMILES string of the molecule is CO[C@@H]1CCC[C@@]12CCCN(C(=O)c1ccc(C(C)=O)s1)C2. The highest BCUT2D eigenvalue weighted by Gasteiger charge is 2.46. The van der Waals surface area contributed by atoms with E-state index in [9.17, 15) is 9.59 Å². The molecule has 0 bridgehead atoms. The van der Waals surface area contributed by atoms with Crippen molar-refractivity contribution in [3.63, 3.8) is 0 Å². The van der Waals surface area contributed by atoms with Crippen molar-refractivity contribution in [1.29, 1.82) is 0 Å². The summed E-state index contributed by atoms with van der Waals surface area (Å²) >= 11 is 1.31. The number of amides is 1. The number of likely N-dealkylation sites (tertiary alicyclic amines) is 1. The highest BCUT2D eigenvalue weighted by atomic mass is 32.1. The van der Waals surface area contributed by atoms with Gasteiger partial charge < -0.3 is 9.64 Å². The van der Waals surface area contributed by atoms with Crippen molar-refractivity contribution >= 4 is 23.0 Å². The molecule has 1 spiro atoms. The number of piperidine rings is 1. The molecule has 0 aromatic carbocycles. The Morgan fingerprint density at radius 2 is 2.00 bits per heavy atom. The number of ketones is 1. The van der Waals surface area contributed by atoms with Gasteiger partial charge in [-0.05, 0) is 44.7 Å². The number of carbonyl (C=O) groups excluding carboxylic acids is 2. The number of ether oxygens (including phenoxy) is 1. The molecule has 1 saturated carbocycles. The van der Waals surface area contributed by atoms with Gasteiger partial charge in [-0.2, -0.15) is 0 Å². The zero-order chi connectivity index (χ0) is 15.7. The van der Waals surface area contributed by atoms with Crippen LogP contribution in [0.15, 0.2) is 12.1 Å². The van der Waals surface area contributed by atoms with E-state index in [1.54, 1.807) is 19.2 Å². The largest absolute Gasteiger partial charge is 0.381 e. The van der Waals surface area contributed by atoms with Gasteiger partial charge in [0.25, 0.3) is 5.91 Å². The van der Waals surface area contributed by atoms with Crippen molar-refractivity contribution in [2.45, 2.75) is 45.1 Å². The summed E-state index contributed by atoms with van der Waals surface area (Å²) in [5.41, 5.74) is 0.142. The van der Waals surface area contributed by atoms with Gasteiger partial charge in [0.05, 0.1) is 15.9 Å². The summed E-state index contributed by atoms with van der Waals surface area (Å²) in [4.78, 5) is 27.5. The van der Waals surface area contributed by atoms with E-state index in [-0.39, 0.29) is 23.2 Å². The maximum atomic E-state index is 12.8. The van der Waals surface area contributed by atoms with Gasteiger partial charge in [0.15, 0.2) is 5.78 Å². The fourth-order valence-corrected chi connectivity index (χ4v) is 4.94.